The number of nitrogens with two attached hydrogens (primary N) is 1. The highest BCUT2D eigenvalue weighted by atomic mass is 16.5. The summed E-state index contributed by atoms with van der Waals surface area (Å²) in [5.41, 5.74) is 6.45. The number of nitrogens with zero attached hydrogens (tertiary/aromatic N) is 2. The molecule has 0 aromatic heterocycles. The van der Waals surface area contributed by atoms with E-state index in [2.05, 4.69) is 10.2 Å². The number of carbonyl (C=O) groups excluding carboxylic acids is 1. The van der Waals surface area contributed by atoms with Gasteiger partial charge in [0.05, 0.1) is 18.8 Å². The quantitative estimate of drug-likeness (QED) is 0.858. The van der Waals surface area contributed by atoms with Crippen LogP contribution in [0.3, 0.4) is 0 Å². The Hall–Kier alpha value is -1.79. The van der Waals surface area contributed by atoms with E-state index in [1.165, 1.54) is 0 Å². The van der Waals surface area contributed by atoms with Gasteiger partial charge in [-0.3, -0.25) is 0 Å². The molecule has 0 spiro atoms. The molecule has 1 aliphatic heterocycles. The van der Waals surface area contributed by atoms with Gasteiger partial charge in [-0.1, -0.05) is 12.1 Å². The molecule has 0 saturated carbocycles. The molecule has 0 bridgehead atoms. The SMILES string of the molecule is COc1ccccc1NC(=O)N1CCN(C)CC1CN. The number of urea groups is 1. The van der Waals surface area contributed by atoms with Gasteiger partial charge >= 0.3 is 6.03 Å². The van der Waals surface area contributed by atoms with E-state index < -0.39 is 0 Å². The number of rotatable bonds is 3. The highest BCUT2D eigenvalue weighted by Gasteiger charge is 2.28. The van der Waals surface area contributed by atoms with Crippen LogP contribution in [-0.4, -0.2) is 62.2 Å². The summed E-state index contributed by atoms with van der Waals surface area (Å²) in [6.07, 6.45) is 0. The van der Waals surface area contributed by atoms with Gasteiger partial charge in [0.25, 0.3) is 0 Å². The molecule has 110 valence electrons. The van der Waals surface area contributed by atoms with Gasteiger partial charge in [-0.25, -0.2) is 4.79 Å². The Morgan fingerprint density at radius 2 is 2.20 bits per heavy atom. The average molecular weight is 278 g/mol. The predicted molar refractivity (Wildman–Crippen MR) is 79.1 cm³/mol. The molecule has 1 saturated heterocycles. The fourth-order valence-corrected chi connectivity index (χ4v) is 2.41. The fraction of sp³-hybridized carbons (Fsp3) is 0.500. The number of benzene rings is 1. The van der Waals surface area contributed by atoms with Gasteiger partial charge in [0.2, 0.25) is 0 Å². The van der Waals surface area contributed by atoms with Crippen LogP contribution in [-0.2, 0) is 0 Å². The molecule has 2 rings (SSSR count). The normalized spacial score (nSPS) is 19.8. The lowest BCUT2D eigenvalue weighted by atomic mass is 10.2. The molecule has 3 N–H and O–H groups in total. The van der Waals surface area contributed by atoms with E-state index in [1.807, 2.05) is 31.3 Å². The smallest absolute Gasteiger partial charge is 0.322 e. The monoisotopic (exact) mass is 278 g/mol. The van der Waals surface area contributed by atoms with Gasteiger partial charge in [-0.15, -0.1) is 0 Å². The number of amides is 2. The highest BCUT2D eigenvalue weighted by molar-refractivity contribution is 5.91. The van der Waals surface area contributed by atoms with Crippen molar-refractivity contribution in [2.45, 2.75) is 6.04 Å². The number of ether oxygens (including phenoxy) is 1. The Labute approximate surface area is 119 Å². The van der Waals surface area contributed by atoms with Crippen LogP contribution < -0.4 is 15.8 Å². The van der Waals surface area contributed by atoms with Gasteiger partial charge in [-0.05, 0) is 19.2 Å². The lowest BCUT2D eigenvalue weighted by Gasteiger charge is -2.39. The Balaban J connectivity index is 2.07. The number of hydrogen-bond acceptors (Lipinski definition) is 4. The van der Waals surface area contributed by atoms with Crippen LogP contribution in [0.25, 0.3) is 0 Å². The van der Waals surface area contributed by atoms with Crippen LogP contribution in [0.4, 0.5) is 10.5 Å². The summed E-state index contributed by atoms with van der Waals surface area (Å²) in [6.45, 7) is 2.80. The van der Waals surface area contributed by atoms with E-state index in [4.69, 9.17) is 10.5 Å². The molecule has 2 amide bonds. The number of anilines is 1. The van der Waals surface area contributed by atoms with Crippen LogP contribution in [0, 0.1) is 0 Å². The van der Waals surface area contributed by atoms with Crippen LogP contribution in [0.1, 0.15) is 0 Å². The fourth-order valence-electron chi connectivity index (χ4n) is 2.41. The van der Waals surface area contributed by atoms with Crippen LogP contribution in [0.5, 0.6) is 5.75 Å². The number of nitrogens with one attached hydrogen (secondary N) is 1. The minimum atomic E-state index is -0.127. The number of piperazine rings is 1. The Morgan fingerprint density at radius 3 is 2.90 bits per heavy atom. The van der Waals surface area contributed by atoms with Crippen molar-refractivity contribution in [2.75, 3.05) is 45.7 Å². The lowest BCUT2D eigenvalue weighted by Crippen LogP contribution is -2.57. The topological polar surface area (TPSA) is 70.8 Å². The van der Waals surface area contributed by atoms with E-state index in [-0.39, 0.29) is 12.1 Å². The van der Waals surface area contributed by atoms with E-state index in [1.54, 1.807) is 12.0 Å². The summed E-state index contributed by atoms with van der Waals surface area (Å²) in [5, 5.41) is 2.90. The lowest BCUT2D eigenvalue weighted by molar-refractivity contribution is 0.120. The van der Waals surface area contributed by atoms with Gasteiger partial charge in [-0.2, -0.15) is 0 Å². The molecule has 1 aromatic rings. The number of para-hydroxylation sites is 2. The molecule has 1 aliphatic rings. The third kappa shape index (κ3) is 3.20. The van der Waals surface area contributed by atoms with Crippen molar-refractivity contribution in [1.82, 2.24) is 9.80 Å². The largest absolute Gasteiger partial charge is 0.495 e. The van der Waals surface area contributed by atoms with Crippen molar-refractivity contribution in [3.05, 3.63) is 24.3 Å². The van der Waals surface area contributed by atoms with Crippen molar-refractivity contribution < 1.29 is 9.53 Å². The van der Waals surface area contributed by atoms with E-state index >= 15 is 0 Å². The second kappa shape index (κ2) is 6.58. The molecule has 1 aromatic carbocycles. The van der Waals surface area contributed by atoms with Crippen molar-refractivity contribution in [3.63, 3.8) is 0 Å². The third-order valence-electron chi connectivity index (χ3n) is 3.57. The summed E-state index contributed by atoms with van der Waals surface area (Å²) >= 11 is 0. The second-order valence-corrected chi connectivity index (χ2v) is 4.98. The average Bonchev–Trinajstić information content (AvgIpc) is 2.47. The maximum absolute atomic E-state index is 12.4. The molecule has 0 aliphatic carbocycles. The summed E-state index contributed by atoms with van der Waals surface area (Å²) in [7, 11) is 3.63. The first-order valence-corrected chi connectivity index (χ1v) is 6.75. The van der Waals surface area contributed by atoms with Crippen LogP contribution in [0.2, 0.25) is 0 Å². The highest BCUT2D eigenvalue weighted by Crippen LogP contribution is 2.23. The molecule has 0 radical (unpaired) electrons. The summed E-state index contributed by atoms with van der Waals surface area (Å²) in [6, 6.07) is 7.29. The molecular formula is C14H22N4O2. The van der Waals surface area contributed by atoms with E-state index in [0.717, 1.165) is 13.1 Å². The Morgan fingerprint density at radius 1 is 1.45 bits per heavy atom. The van der Waals surface area contributed by atoms with Crippen molar-refractivity contribution in [1.29, 1.82) is 0 Å². The Kier molecular flexibility index (Phi) is 4.81. The first-order chi connectivity index (χ1) is 9.65. The first kappa shape index (κ1) is 14.6. The zero-order valence-corrected chi connectivity index (χ0v) is 12.0. The van der Waals surface area contributed by atoms with Gasteiger partial charge in [0.15, 0.2) is 0 Å². The standard InChI is InChI=1S/C14H22N4O2/c1-17-7-8-18(11(9-15)10-17)14(19)16-12-5-3-4-6-13(12)20-2/h3-6,11H,7-10,15H2,1-2H3,(H,16,19). The van der Waals surface area contributed by atoms with Crippen LogP contribution in [0.15, 0.2) is 24.3 Å². The second-order valence-electron chi connectivity index (χ2n) is 4.98. The van der Waals surface area contributed by atoms with Crippen molar-refractivity contribution in [2.24, 2.45) is 5.73 Å². The maximum atomic E-state index is 12.4. The van der Waals surface area contributed by atoms with Gasteiger partial charge in [0.1, 0.15) is 5.75 Å². The van der Waals surface area contributed by atoms with Crippen LogP contribution >= 0.6 is 0 Å². The Bertz CT molecular complexity index is 466. The molecule has 1 atom stereocenters. The molecule has 1 heterocycles. The first-order valence-electron chi connectivity index (χ1n) is 6.75. The molecule has 1 unspecified atom stereocenters. The zero-order valence-electron chi connectivity index (χ0n) is 12.0. The minimum Gasteiger partial charge on any atom is -0.495 e. The summed E-state index contributed by atoms with van der Waals surface area (Å²) in [5.74, 6) is 0.652. The van der Waals surface area contributed by atoms with Gasteiger partial charge in [0, 0.05) is 26.2 Å². The molecule has 6 heteroatoms. The summed E-state index contributed by atoms with van der Waals surface area (Å²) < 4.78 is 5.24. The molecule has 1 fully saturated rings. The predicted octanol–water partition coefficient (Wildman–Crippen LogP) is 0.802. The molecular weight excluding hydrogens is 256 g/mol. The number of carbonyl (C=O) groups is 1. The van der Waals surface area contributed by atoms with Crippen molar-refractivity contribution >= 4 is 11.7 Å². The zero-order chi connectivity index (χ0) is 14.5. The maximum Gasteiger partial charge on any atom is 0.322 e. The summed E-state index contributed by atoms with van der Waals surface area (Å²) in [4.78, 5) is 16.4. The molecule has 20 heavy (non-hydrogen) atoms. The number of likely N-dealkylation sites (N-methyl/N-ethyl adjacent to an activating group) is 1. The number of hydrogen-bond donors (Lipinski definition) is 2. The van der Waals surface area contributed by atoms with Gasteiger partial charge < -0.3 is 25.6 Å². The minimum absolute atomic E-state index is 0.0449. The molecule has 6 nitrogen and oxygen atoms in total. The third-order valence-corrected chi connectivity index (χ3v) is 3.57. The van der Waals surface area contributed by atoms with E-state index in [0.29, 0.717) is 24.5 Å². The number of methoxy groups -OCH3 is 1. The van der Waals surface area contributed by atoms with E-state index in [9.17, 15) is 4.79 Å². The van der Waals surface area contributed by atoms with Crippen molar-refractivity contribution in [3.8, 4) is 5.75 Å².